The van der Waals surface area contributed by atoms with Gasteiger partial charge in [-0.2, -0.15) is 0 Å². The summed E-state index contributed by atoms with van der Waals surface area (Å²) in [6.07, 6.45) is 5.78. The van der Waals surface area contributed by atoms with E-state index in [9.17, 15) is 0 Å². The molecule has 100 valence electrons. The van der Waals surface area contributed by atoms with Crippen LogP contribution in [-0.2, 0) is 9.47 Å². The van der Waals surface area contributed by atoms with E-state index in [4.69, 9.17) is 9.47 Å². The fraction of sp³-hybridized carbons (Fsp3) is 1.00. The van der Waals surface area contributed by atoms with Gasteiger partial charge in [0, 0.05) is 31.2 Å². The Morgan fingerprint density at radius 1 is 1.35 bits per heavy atom. The van der Waals surface area contributed by atoms with Crippen molar-refractivity contribution in [2.24, 2.45) is 0 Å². The zero-order valence-corrected chi connectivity index (χ0v) is 11.6. The van der Waals surface area contributed by atoms with Gasteiger partial charge in [0.1, 0.15) is 0 Å². The molecule has 2 heterocycles. The third-order valence-corrected chi connectivity index (χ3v) is 4.03. The minimum absolute atomic E-state index is 0.0260. The van der Waals surface area contributed by atoms with Gasteiger partial charge in [-0.05, 0) is 33.1 Å². The summed E-state index contributed by atoms with van der Waals surface area (Å²) >= 11 is 0. The van der Waals surface area contributed by atoms with Gasteiger partial charge in [-0.3, -0.25) is 0 Å². The minimum atomic E-state index is 0.0260. The molecule has 0 aromatic heterocycles. The van der Waals surface area contributed by atoms with Crippen LogP contribution in [0.4, 0.5) is 0 Å². The Balaban J connectivity index is 1.89. The Kier molecular flexibility index (Phi) is 4.11. The summed E-state index contributed by atoms with van der Waals surface area (Å²) in [4.78, 5) is 0. The van der Waals surface area contributed by atoms with Gasteiger partial charge in [0.25, 0.3) is 0 Å². The highest BCUT2D eigenvalue weighted by Gasteiger charge is 2.41. The summed E-state index contributed by atoms with van der Waals surface area (Å²) in [5.74, 6) is 0. The van der Waals surface area contributed by atoms with Crippen LogP contribution in [0.25, 0.3) is 0 Å². The van der Waals surface area contributed by atoms with E-state index in [0.717, 1.165) is 39.1 Å². The van der Waals surface area contributed by atoms with Gasteiger partial charge in [-0.1, -0.05) is 13.3 Å². The fourth-order valence-electron chi connectivity index (χ4n) is 3.26. The molecule has 0 aromatic rings. The molecule has 17 heavy (non-hydrogen) atoms. The van der Waals surface area contributed by atoms with Crippen molar-refractivity contribution in [1.29, 1.82) is 0 Å². The molecule has 0 bridgehead atoms. The van der Waals surface area contributed by atoms with E-state index < -0.39 is 0 Å². The van der Waals surface area contributed by atoms with Crippen molar-refractivity contribution >= 4 is 0 Å². The number of rotatable bonds is 4. The quantitative estimate of drug-likeness (QED) is 0.820. The monoisotopic (exact) mass is 241 g/mol. The molecular formula is C14H27NO2. The normalized spacial score (nSPS) is 34.4. The van der Waals surface area contributed by atoms with E-state index in [1.807, 2.05) is 0 Å². The minimum Gasteiger partial charge on any atom is -0.378 e. The average Bonchev–Trinajstić information content (AvgIpc) is 2.65. The predicted molar refractivity (Wildman–Crippen MR) is 69.3 cm³/mol. The number of nitrogens with one attached hydrogen (secondary N) is 1. The van der Waals surface area contributed by atoms with Crippen LogP contribution in [0.3, 0.4) is 0 Å². The lowest BCUT2D eigenvalue weighted by atomic mass is 9.87. The van der Waals surface area contributed by atoms with Gasteiger partial charge < -0.3 is 14.8 Å². The summed E-state index contributed by atoms with van der Waals surface area (Å²) in [5, 5.41) is 3.81. The first-order valence-electron chi connectivity index (χ1n) is 7.05. The second kappa shape index (κ2) is 5.25. The maximum absolute atomic E-state index is 5.97. The van der Waals surface area contributed by atoms with Crippen molar-refractivity contribution in [3.05, 3.63) is 0 Å². The Morgan fingerprint density at radius 3 is 2.82 bits per heavy atom. The summed E-state index contributed by atoms with van der Waals surface area (Å²) in [6.45, 7) is 9.40. The molecule has 2 fully saturated rings. The second-order valence-electron chi connectivity index (χ2n) is 6.30. The van der Waals surface area contributed by atoms with Crippen molar-refractivity contribution in [3.8, 4) is 0 Å². The van der Waals surface area contributed by atoms with Crippen LogP contribution in [-0.4, -0.2) is 37.0 Å². The Labute approximate surface area is 105 Å². The van der Waals surface area contributed by atoms with Crippen molar-refractivity contribution < 1.29 is 9.47 Å². The van der Waals surface area contributed by atoms with Gasteiger partial charge in [0.05, 0.1) is 12.2 Å². The molecule has 2 saturated heterocycles. The smallest absolute Gasteiger partial charge is 0.0951 e. The largest absolute Gasteiger partial charge is 0.378 e. The molecule has 0 amide bonds. The predicted octanol–water partition coefficient (Wildman–Crippen LogP) is 2.49. The number of hydrogen-bond acceptors (Lipinski definition) is 3. The second-order valence-corrected chi connectivity index (χ2v) is 6.30. The van der Waals surface area contributed by atoms with Crippen LogP contribution in [0.5, 0.6) is 0 Å². The van der Waals surface area contributed by atoms with Crippen LogP contribution < -0.4 is 5.32 Å². The van der Waals surface area contributed by atoms with Crippen LogP contribution in [0.15, 0.2) is 0 Å². The van der Waals surface area contributed by atoms with Gasteiger partial charge in [-0.15, -0.1) is 0 Å². The first-order chi connectivity index (χ1) is 8.05. The van der Waals surface area contributed by atoms with Gasteiger partial charge in [-0.25, -0.2) is 0 Å². The molecule has 2 rings (SSSR count). The SMILES string of the molecule is CCCC(C)(C)NC1CCOC2(CCOC2)C1. The standard InChI is InChI=1S/C14H27NO2/c1-4-6-13(2,3)15-12-5-8-17-14(10-12)7-9-16-11-14/h12,15H,4-11H2,1-3H3. The third-order valence-electron chi connectivity index (χ3n) is 4.03. The Bertz CT molecular complexity index is 247. The fourth-order valence-corrected chi connectivity index (χ4v) is 3.26. The molecule has 2 atom stereocenters. The van der Waals surface area contributed by atoms with Crippen LogP contribution >= 0.6 is 0 Å². The van der Waals surface area contributed by atoms with Gasteiger partial charge in [0.2, 0.25) is 0 Å². The summed E-state index contributed by atoms with van der Waals surface area (Å²) in [5.41, 5.74) is 0.273. The topological polar surface area (TPSA) is 30.5 Å². The third kappa shape index (κ3) is 3.43. The van der Waals surface area contributed by atoms with Crippen molar-refractivity contribution in [1.82, 2.24) is 5.32 Å². The van der Waals surface area contributed by atoms with Gasteiger partial charge >= 0.3 is 0 Å². The molecule has 2 aliphatic rings. The molecule has 0 saturated carbocycles. The molecule has 2 aliphatic heterocycles. The zero-order valence-electron chi connectivity index (χ0n) is 11.6. The highest BCUT2D eigenvalue weighted by molar-refractivity contribution is 4.95. The maximum atomic E-state index is 5.97. The first-order valence-corrected chi connectivity index (χ1v) is 7.05. The molecule has 1 spiro atoms. The lowest BCUT2D eigenvalue weighted by Crippen LogP contribution is -2.53. The lowest BCUT2D eigenvalue weighted by Gasteiger charge is -2.41. The summed E-state index contributed by atoms with van der Waals surface area (Å²) in [7, 11) is 0. The van der Waals surface area contributed by atoms with E-state index in [1.54, 1.807) is 0 Å². The molecule has 0 radical (unpaired) electrons. The van der Waals surface area contributed by atoms with Crippen molar-refractivity contribution in [2.75, 3.05) is 19.8 Å². The van der Waals surface area contributed by atoms with Gasteiger partial charge in [0.15, 0.2) is 0 Å². The summed E-state index contributed by atoms with van der Waals surface area (Å²) < 4.78 is 11.5. The zero-order chi connectivity index (χ0) is 12.4. The maximum Gasteiger partial charge on any atom is 0.0951 e. The molecule has 2 unspecified atom stereocenters. The lowest BCUT2D eigenvalue weighted by molar-refractivity contribution is -0.0918. The van der Waals surface area contributed by atoms with Crippen LogP contribution in [0.2, 0.25) is 0 Å². The van der Waals surface area contributed by atoms with E-state index >= 15 is 0 Å². The first kappa shape index (κ1) is 13.3. The highest BCUT2D eigenvalue weighted by Crippen LogP contribution is 2.33. The molecular weight excluding hydrogens is 214 g/mol. The van der Waals surface area contributed by atoms with E-state index in [1.165, 1.54) is 12.8 Å². The molecule has 1 N–H and O–H groups in total. The summed E-state index contributed by atoms with van der Waals surface area (Å²) in [6, 6.07) is 0.590. The molecule has 0 aliphatic carbocycles. The van der Waals surface area contributed by atoms with Crippen LogP contribution in [0.1, 0.15) is 52.9 Å². The van der Waals surface area contributed by atoms with E-state index in [2.05, 4.69) is 26.1 Å². The van der Waals surface area contributed by atoms with E-state index in [-0.39, 0.29) is 11.1 Å². The van der Waals surface area contributed by atoms with Crippen molar-refractivity contribution in [3.63, 3.8) is 0 Å². The molecule has 3 heteroatoms. The highest BCUT2D eigenvalue weighted by atomic mass is 16.6. The van der Waals surface area contributed by atoms with Crippen molar-refractivity contribution in [2.45, 2.75) is 70.1 Å². The number of hydrogen-bond donors (Lipinski definition) is 1. The number of ether oxygens (including phenoxy) is 2. The molecule has 3 nitrogen and oxygen atoms in total. The Morgan fingerprint density at radius 2 is 2.18 bits per heavy atom. The average molecular weight is 241 g/mol. The van der Waals surface area contributed by atoms with Crippen LogP contribution in [0, 0.1) is 0 Å². The van der Waals surface area contributed by atoms with E-state index in [0.29, 0.717) is 6.04 Å². The Hall–Kier alpha value is -0.120. The molecule has 0 aromatic carbocycles.